The number of carbonyl (C=O) groups is 1. The number of hydrogen-bond acceptors (Lipinski definition) is 2. The van der Waals surface area contributed by atoms with Gasteiger partial charge in [0, 0.05) is 16.8 Å². The van der Waals surface area contributed by atoms with E-state index in [1.807, 2.05) is 19.1 Å². The first-order valence-electron chi connectivity index (χ1n) is 6.52. The molecule has 0 aromatic heterocycles. The summed E-state index contributed by atoms with van der Waals surface area (Å²) in [5.41, 5.74) is 2.78. The topological polar surface area (TPSA) is 29.4 Å². The fourth-order valence-corrected chi connectivity index (χ4v) is 3.86. The van der Waals surface area contributed by atoms with Crippen molar-refractivity contribution >= 4 is 55.0 Å². The van der Waals surface area contributed by atoms with Crippen molar-refractivity contribution in [2.75, 3.05) is 0 Å². The molecular formula is C16H14Br2ClNO. The molecule has 0 radical (unpaired) electrons. The highest BCUT2D eigenvalue weighted by molar-refractivity contribution is 9.12. The zero-order chi connectivity index (χ0) is 15.6. The van der Waals surface area contributed by atoms with Gasteiger partial charge in [0.15, 0.2) is 0 Å². The first-order chi connectivity index (χ1) is 10.0. The Balaban J connectivity index is 2.73. The van der Waals surface area contributed by atoms with Gasteiger partial charge in [-0.15, -0.1) is 0 Å². The number of halogens is 3. The number of hydrogen-bond donors (Lipinski definition) is 0. The lowest BCUT2D eigenvalue weighted by atomic mass is 10.0. The molecular weight excluding hydrogens is 417 g/mol. The highest BCUT2D eigenvalue weighted by atomic mass is 79.9. The van der Waals surface area contributed by atoms with Crippen LogP contribution in [0, 0.1) is 0 Å². The quantitative estimate of drug-likeness (QED) is 0.439. The summed E-state index contributed by atoms with van der Waals surface area (Å²) in [7, 11) is 0. The Morgan fingerprint density at radius 2 is 2.10 bits per heavy atom. The maximum absolute atomic E-state index is 12.8. The molecule has 21 heavy (non-hydrogen) atoms. The Morgan fingerprint density at radius 1 is 1.38 bits per heavy atom. The van der Waals surface area contributed by atoms with Gasteiger partial charge in [-0.25, -0.2) is 0 Å². The van der Waals surface area contributed by atoms with Gasteiger partial charge in [0.05, 0.1) is 9.65 Å². The molecule has 0 aliphatic heterocycles. The van der Waals surface area contributed by atoms with Crippen LogP contribution in [0.25, 0.3) is 0 Å². The van der Waals surface area contributed by atoms with Gasteiger partial charge in [0.2, 0.25) is 5.78 Å². The van der Waals surface area contributed by atoms with Crippen LogP contribution in [0.15, 0.2) is 47.6 Å². The van der Waals surface area contributed by atoms with E-state index in [-0.39, 0.29) is 15.4 Å². The minimum atomic E-state index is -0.104. The van der Waals surface area contributed by atoms with E-state index < -0.39 is 0 Å². The van der Waals surface area contributed by atoms with Crippen LogP contribution in [0.3, 0.4) is 0 Å². The molecule has 0 N–H and O–H groups in total. The Bertz CT molecular complexity index is 652. The molecule has 0 saturated heterocycles. The number of allylic oxidation sites excluding steroid dienone is 2. The molecule has 2 rings (SSSR count). The number of alkyl halides is 2. The van der Waals surface area contributed by atoms with E-state index in [4.69, 9.17) is 11.6 Å². The van der Waals surface area contributed by atoms with E-state index in [1.165, 1.54) is 6.20 Å². The number of Topliss-reactive ketones (excluding diaryl/α,β-unsaturated/α-hetero) is 1. The van der Waals surface area contributed by atoms with E-state index in [1.54, 1.807) is 12.1 Å². The molecule has 2 nitrogen and oxygen atoms in total. The smallest absolute Gasteiger partial charge is 0.211 e. The van der Waals surface area contributed by atoms with E-state index in [9.17, 15) is 4.79 Å². The van der Waals surface area contributed by atoms with Crippen LogP contribution in [0.4, 0.5) is 0 Å². The summed E-state index contributed by atoms with van der Waals surface area (Å²) < 4.78 is 0. The van der Waals surface area contributed by atoms with Gasteiger partial charge in [-0.3, -0.25) is 9.79 Å². The molecule has 5 heteroatoms. The molecule has 0 amide bonds. The summed E-state index contributed by atoms with van der Waals surface area (Å²) in [5.74, 6) is -0.104. The summed E-state index contributed by atoms with van der Waals surface area (Å²) in [4.78, 5) is 16.9. The predicted molar refractivity (Wildman–Crippen MR) is 96.2 cm³/mol. The first-order valence-corrected chi connectivity index (χ1v) is 8.73. The zero-order valence-corrected chi connectivity index (χ0v) is 15.4. The highest BCUT2D eigenvalue weighted by Gasteiger charge is 2.35. The van der Waals surface area contributed by atoms with Gasteiger partial charge in [-0.1, -0.05) is 63.0 Å². The van der Waals surface area contributed by atoms with Gasteiger partial charge >= 0.3 is 0 Å². The summed E-state index contributed by atoms with van der Waals surface area (Å²) in [5, 5.41) is 0.607. The molecule has 0 bridgehead atoms. The predicted octanol–water partition coefficient (Wildman–Crippen LogP) is 5.66. The van der Waals surface area contributed by atoms with Gasteiger partial charge in [0.1, 0.15) is 5.71 Å². The highest BCUT2D eigenvalue weighted by Crippen LogP contribution is 2.41. The van der Waals surface area contributed by atoms with E-state index >= 15 is 0 Å². The van der Waals surface area contributed by atoms with Crippen LogP contribution in [0.5, 0.6) is 0 Å². The Labute approximate surface area is 146 Å². The molecule has 0 heterocycles. The standard InChI is InChI=1S/C16H14Br2ClNO/c1-3-5-11-13(17)14(18)12-8-9(19)6-7-10(12)16(21)15(11)20-4-2/h4-8,13-14H,2-3H2,1H3/b11-5-,20-15?. The average molecular weight is 432 g/mol. The first kappa shape index (κ1) is 16.7. The average Bonchev–Trinajstić information content (AvgIpc) is 2.53. The normalized spacial score (nSPS) is 25.8. The lowest BCUT2D eigenvalue weighted by Crippen LogP contribution is -2.19. The SMILES string of the molecule is C=CN=C1C(=O)c2ccc(Cl)cc2C(Br)C(Br)/C1=C/CC. The summed E-state index contributed by atoms with van der Waals surface area (Å²) >= 11 is 13.4. The van der Waals surface area contributed by atoms with E-state index in [0.29, 0.717) is 16.3 Å². The molecule has 1 aliphatic carbocycles. The second-order valence-electron chi connectivity index (χ2n) is 4.59. The second-order valence-corrected chi connectivity index (χ2v) is 7.00. The van der Waals surface area contributed by atoms with Crippen LogP contribution in [0.1, 0.15) is 34.1 Å². The second kappa shape index (κ2) is 7.03. The molecule has 0 fully saturated rings. The number of benzene rings is 1. The van der Waals surface area contributed by atoms with Crippen molar-refractivity contribution in [2.45, 2.75) is 23.0 Å². The lowest BCUT2D eigenvalue weighted by Gasteiger charge is -2.17. The molecule has 110 valence electrons. The lowest BCUT2D eigenvalue weighted by molar-refractivity contribution is 0.106. The molecule has 0 spiro atoms. The summed E-state index contributed by atoms with van der Waals surface area (Å²) in [6.45, 7) is 5.64. The summed E-state index contributed by atoms with van der Waals surface area (Å²) in [6.07, 6.45) is 4.24. The third-order valence-electron chi connectivity index (χ3n) is 3.24. The number of aliphatic imine (C=N–C) groups is 1. The van der Waals surface area contributed by atoms with E-state index in [2.05, 4.69) is 43.4 Å². The Morgan fingerprint density at radius 3 is 2.71 bits per heavy atom. The molecule has 1 aliphatic rings. The van der Waals surface area contributed by atoms with Crippen molar-refractivity contribution in [2.24, 2.45) is 4.99 Å². The van der Waals surface area contributed by atoms with Crippen molar-refractivity contribution in [3.05, 3.63) is 58.8 Å². The minimum absolute atomic E-state index is 0.0644. The van der Waals surface area contributed by atoms with E-state index in [0.717, 1.165) is 17.6 Å². The third-order valence-corrected chi connectivity index (χ3v) is 6.23. The summed E-state index contributed by atoms with van der Waals surface area (Å²) in [6, 6.07) is 5.30. The van der Waals surface area contributed by atoms with Crippen molar-refractivity contribution in [3.63, 3.8) is 0 Å². The van der Waals surface area contributed by atoms with Gasteiger partial charge in [-0.05, 0) is 35.8 Å². The number of nitrogens with zero attached hydrogens (tertiary/aromatic N) is 1. The van der Waals surface area contributed by atoms with Crippen LogP contribution in [-0.2, 0) is 0 Å². The number of ketones is 1. The van der Waals surface area contributed by atoms with Crippen molar-refractivity contribution < 1.29 is 4.79 Å². The molecule has 1 aromatic rings. The van der Waals surface area contributed by atoms with Crippen LogP contribution < -0.4 is 0 Å². The molecule has 0 saturated carbocycles. The maximum atomic E-state index is 12.8. The van der Waals surface area contributed by atoms with Crippen molar-refractivity contribution in [1.82, 2.24) is 0 Å². The van der Waals surface area contributed by atoms with Gasteiger partial charge in [-0.2, -0.15) is 0 Å². The van der Waals surface area contributed by atoms with Crippen molar-refractivity contribution in [3.8, 4) is 0 Å². The number of carbonyl (C=O) groups excluding carboxylic acids is 1. The van der Waals surface area contributed by atoms with Gasteiger partial charge in [0.25, 0.3) is 0 Å². The Hall–Kier alpha value is -0.710. The Kier molecular flexibility index (Phi) is 5.58. The third kappa shape index (κ3) is 3.22. The molecule has 1 aromatic carbocycles. The van der Waals surface area contributed by atoms with Gasteiger partial charge < -0.3 is 0 Å². The van der Waals surface area contributed by atoms with Crippen LogP contribution in [-0.4, -0.2) is 16.3 Å². The fraction of sp³-hybridized carbons (Fsp3) is 0.250. The largest absolute Gasteiger partial charge is 0.287 e. The monoisotopic (exact) mass is 429 g/mol. The zero-order valence-electron chi connectivity index (χ0n) is 11.4. The minimum Gasteiger partial charge on any atom is -0.287 e. The maximum Gasteiger partial charge on any atom is 0.211 e. The fourth-order valence-electron chi connectivity index (χ4n) is 2.33. The van der Waals surface area contributed by atoms with Crippen molar-refractivity contribution in [1.29, 1.82) is 0 Å². The number of rotatable bonds is 2. The molecule has 2 atom stereocenters. The number of fused-ring (bicyclic) bond motifs is 1. The van der Waals surface area contributed by atoms with Crippen LogP contribution >= 0.6 is 43.5 Å². The van der Waals surface area contributed by atoms with Crippen LogP contribution in [0.2, 0.25) is 5.02 Å². The molecule has 2 unspecified atom stereocenters.